The van der Waals surface area contributed by atoms with Crippen molar-refractivity contribution in [3.63, 3.8) is 0 Å². The van der Waals surface area contributed by atoms with Crippen LogP contribution in [0.4, 0.5) is 0 Å². The summed E-state index contributed by atoms with van der Waals surface area (Å²) in [5.74, 6) is -3.45. The van der Waals surface area contributed by atoms with E-state index in [1.54, 1.807) is 33.5 Å². The van der Waals surface area contributed by atoms with Gasteiger partial charge in [0.1, 0.15) is 17.8 Å². The topological polar surface area (TPSA) is 164 Å². The highest BCUT2D eigenvalue weighted by Crippen LogP contribution is 2.81. The van der Waals surface area contributed by atoms with Gasteiger partial charge in [0.15, 0.2) is 23.2 Å². The maximum atomic E-state index is 14.4. The molecule has 0 N–H and O–H groups in total. The number of carbonyl (C=O) groups is 4. The van der Waals surface area contributed by atoms with E-state index in [4.69, 9.17) is 47.4 Å². The Morgan fingerprint density at radius 2 is 1.44 bits per heavy atom. The summed E-state index contributed by atoms with van der Waals surface area (Å²) in [4.78, 5) is 56.5. The van der Waals surface area contributed by atoms with Gasteiger partial charge in [0.2, 0.25) is 0 Å². The van der Waals surface area contributed by atoms with E-state index < -0.39 is 94.2 Å². The average Bonchev–Trinajstić information content (AvgIpc) is 3.53. The minimum absolute atomic E-state index is 0.144. The minimum Gasteiger partial charge on any atom is -0.493 e. The first-order valence-corrected chi connectivity index (χ1v) is 19.1. The van der Waals surface area contributed by atoms with Crippen molar-refractivity contribution in [1.82, 2.24) is 4.90 Å². The van der Waals surface area contributed by atoms with Crippen LogP contribution in [0.25, 0.3) is 0 Å². The molecule has 6 aliphatic rings. The number of carbonyl (C=O) groups excluding carboxylic acids is 4. The van der Waals surface area contributed by atoms with Gasteiger partial charge in [-0.1, -0.05) is 6.92 Å². The van der Waals surface area contributed by atoms with E-state index in [-0.39, 0.29) is 37.0 Å². The molecular formula is C40H55NO14. The second-order valence-electron chi connectivity index (χ2n) is 16.2. The number of hydrogen-bond donors (Lipinski definition) is 0. The fourth-order valence-corrected chi connectivity index (χ4v) is 13.4. The third-order valence-corrected chi connectivity index (χ3v) is 14.3. The molecule has 1 aliphatic heterocycles. The lowest BCUT2D eigenvalue weighted by Crippen LogP contribution is -2.79. The maximum absolute atomic E-state index is 14.4. The van der Waals surface area contributed by atoms with E-state index in [0.717, 1.165) is 0 Å². The molecule has 7 rings (SSSR count). The van der Waals surface area contributed by atoms with E-state index >= 15 is 0 Å². The van der Waals surface area contributed by atoms with Crippen molar-refractivity contribution in [2.24, 2.45) is 34.5 Å². The number of hydrogen-bond acceptors (Lipinski definition) is 15. The Morgan fingerprint density at radius 1 is 0.764 bits per heavy atom. The number of methoxy groups -OCH3 is 6. The predicted molar refractivity (Wildman–Crippen MR) is 191 cm³/mol. The van der Waals surface area contributed by atoms with Crippen LogP contribution in [0.3, 0.4) is 0 Å². The van der Waals surface area contributed by atoms with Crippen LogP contribution in [0.2, 0.25) is 0 Å². The standard InChI is InChI=1S/C40H55NO14/c1-11-41-18-37(19-46-5)27(52-20(2)42)15-28(49-8)40-24-16-38(54-21(3)43)29(50-9)17-39(55-22(4)44,31(34(40)41)32(51-10)33(37)40)30(24)35(38)53-36(45)23-12-13-25(47-6)26(14-23)48-7/h12-14,24,27-35H,11,15-19H2,1-10H3/t24-,27-,28+,29+,30-,31+,32+,33-,34?,35-,37+,38+,39-,40+/m1/s1. The zero-order chi connectivity index (χ0) is 39.8. The van der Waals surface area contributed by atoms with Crippen LogP contribution in [-0.2, 0) is 52.3 Å². The zero-order valence-corrected chi connectivity index (χ0v) is 33.4. The Kier molecular flexibility index (Phi) is 10.2. The quantitative estimate of drug-likeness (QED) is 0.212. The van der Waals surface area contributed by atoms with E-state index in [1.807, 2.05) is 0 Å². The van der Waals surface area contributed by atoms with E-state index in [2.05, 4.69) is 11.8 Å². The van der Waals surface area contributed by atoms with Gasteiger partial charge < -0.3 is 47.4 Å². The van der Waals surface area contributed by atoms with Gasteiger partial charge in [0.05, 0.1) is 38.6 Å². The highest BCUT2D eigenvalue weighted by molar-refractivity contribution is 5.90. The molecule has 0 amide bonds. The molecule has 55 heavy (non-hydrogen) atoms. The molecule has 6 fully saturated rings. The smallest absolute Gasteiger partial charge is 0.338 e. The third-order valence-electron chi connectivity index (χ3n) is 14.3. The molecule has 1 aromatic carbocycles. The molecule has 0 radical (unpaired) electrons. The fourth-order valence-electron chi connectivity index (χ4n) is 13.4. The molecule has 15 heteroatoms. The Bertz CT molecular complexity index is 1700. The number of piperidine rings is 1. The fraction of sp³-hybridized carbons (Fsp3) is 0.750. The van der Waals surface area contributed by atoms with Crippen LogP contribution in [0, 0.1) is 34.5 Å². The number of likely N-dealkylation sites (tertiary alicyclic amines) is 1. The van der Waals surface area contributed by atoms with Gasteiger partial charge in [-0.15, -0.1) is 0 Å². The molecular weight excluding hydrogens is 718 g/mol. The van der Waals surface area contributed by atoms with Crippen molar-refractivity contribution >= 4 is 23.9 Å². The van der Waals surface area contributed by atoms with Crippen LogP contribution in [0.5, 0.6) is 11.5 Å². The highest BCUT2D eigenvalue weighted by Gasteiger charge is 2.91. The van der Waals surface area contributed by atoms with Gasteiger partial charge in [-0.2, -0.15) is 0 Å². The van der Waals surface area contributed by atoms with Crippen LogP contribution in [0.15, 0.2) is 18.2 Å². The number of fused-ring (bicyclic) bond motifs is 2. The number of ether oxygens (including phenoxy) is 10. The van der Waals surface area contributed by atoms with Crippen molar-refractivity contribution in [2.75, 3.05) is 62.4 Å². The van der Waals surface area contributed by atoms with Gasteiger partial charge >= 0.3 is 23.9 Å². The summed E-state index contributed by atoms with van der Waals surface area (Å²) in [6, 6.07) is 4.45. The molecule has 5 aliphatic carbocycles. The Balaban J connectivity index is 1.51. The lowest BCUT2D eigenvalue weighted by atomic mass is 9.42. The molecule has 1 saturated heterocycles. The lowest BCUT2D eigenvalue weighted by molar-refractivity contribution is -0.302. The van der Waals surface area contributed by atoms with Crippen molar-refractivity contribution in [3.05, 3.63) is 23.8 Å². The van der Waals surface area contributed by atoms with Gasteiger partial charge in [0, 0.05) is 103 Å². The SMILES string of the molecule is CCN1C[C@@]2(COC)[C@H]3[C@@H](OC)[C@H]4C1[C@]3([C@@H](OC)C[C@H]2OC(C)=O)[C@@H]1C[C@]2(OC(C)=O)[C@@H](OC)C[C@@]4(OC(C)=O)[C@H]1[C@H]2OC(=O)c1ccc(OC)c(OC)c1. The van der Waals surface area contributed by atoms with E-state index in [0.29, 0.717) is 31.0 Å². The summed E-state index contributed by atoms with van der Waals surface area (Å²) < 4.78 is 62.6. The molecule has 304 valence electrons. The third kappa shape index (κ3) is 5.24. The van der Waals surface area contributed by atoms with Crippen LogP contribution >= 0.6 is 0 Å². The van der Waals surface area contributed by atoms with Crippen molar-refractivity contribution in [3.8, 4) is 11.5 Å². The number of esters is 4. The molecule has 5 saturated carbocycles. The number of nitrogens with zero attached hydrogens (tertiary/aromatic N) is 1. The lowest BCUT2D eigenvalue weighted by Gasteiger charge is -2.70. The van der Waals surface area contributed by atoms with E-state index in [1.165, 1.54) is 48.2 Å². The maximum Gasteiger partial charge on any atom is 0.338 e. The number of rotatable bonds is 13. The van der Waals surface area contributed by atoms with Gasteiger partial charge in [-0.25, -0.2) is 4.79 Å². The summed E-state index contributed by atoms with van der Waals surface area (Å²) in [6.45, 7) is 7.57. The minimum atomic E-state index is -1.48. The van der Waals surface area contributed by atoms with Crippen molar-refractivity contribution in [1.29, 1.82) is 0 Å². The van der Waals surface area contributed by atoms with Crippen molar-refractivity contribution in [2.45, 2.75) is 94.7 Å². The second-order valence-corrected chi connectivity index (χ2v) is 16.2. The Labute approximate surface area is 321 Å². The molecule has 7 bridgehead atoms. The highest BCUT2D eigenvalue weighted by atomic mass is 16.6. The first-order chi connectivity index (χ1) is 26.2. The molecule has 0 aromatic heterocycles. The number of benzene rings is 1. The summed E-state index contributed by atoms with van der Waals surface area (Å²) in [5.41, 5.74) is -4.20. The molecule has 1 aromatic rings. The van der Waals surface area contributed by atoms with Crippen molar-refractivity contribution < 1.29 is 66.5 Å². The van der Waals surface area contributed by atoms with Crippen LogP contribution in [0.1, 0.15) is 57.3 Å². The summed E-state index contributed by atoms with van der Waals surface area (Å²) in [6.07, 6.45) is -2.95. The Morgan fingerprint density at radius 3 is 2.00 bits per heavy atom. The monoisotopic (exact) mass is 773 g/mol. The first kappa shape index (κ1) is 39.7. The normalized spacial score (nSPS) is 41.9. The van der Waals surface area contributed by atoms with Crippen LogP contribution < -0.4 is 9.47 Å². The van der Waals surface area contributed by atoms with Gasteiger partial charge in [-0.3, -0.25) is 19.3 Å². The molecule has 14 atom stereocenters. The van der Waals surface area contributed by atoms with Crippen LogP contribution in [-0.4, -0.2) is 139 Å². The molecule has 15 nitrogen and oxygen atoms in total. The van der Waals surface area contributed by atoms with E-state index in [9.17, 15) is 19.2 Å². The summed E-state index contributed by atoms with van der Waals surface area (Å²) in [7, 11) is 9.47. The summed E-state index contributed by atoms with van der Waals surface area (Å²) in [5, 5.41) is 0. The first-order valence-electron chi connectivity index (χ1n) is 19.1. The summed E-state index contributed by atoms with van der Waals surface area (Å²) >= 11 is 0. The predicted octanol–water partition coefficient (Wildman–Crippen LogP) is 2.84. The average molecular weight is 774 g/mol. The van der Waals surface area contributed by atoms with Gasteiger partial charge in [0.25, 0.3) is 0 Å². The molecule has 1 unspecified atom stereocenters. The second kappa shape index (κ2) is 14.2. The van der Waals surface area contributed by atoms with Gasteiger partial charge in [-0.05, 0) is 37.1 Å². The zero-order valence-electron chi connectivity index (χ0n) is 33.4. The molecule has 1 heterocycles. The Hall–Kier alpha value is -3.50. The largest absolute Gasteiger partial charge is 0.493 e. The molecule has 1 spiro atoms.